The topological polar surface area (TPSA) is 30.2 Å². The monoisotopic (exact) mass is 331 g/mol. The predicted molar refractivity (Wildman–Crippen MR) is 105 cm³/mol. The summed E-state index contributed by atoms with van der Waals surface area (Å²) in [7, 11) is 0. The molecule has 128 valence electrons. The molecule has 4 aromatic rings. The molecule has 0 amide bonds. The molecule has 0 saturated carbocycles. The van der Waals surface area contributed by atoms with E-state index >= 15 is 0 Å². The van der Waals surface area contributed by atoms with Gasteiger partial charge in [-0.3, -0.25) is 4.98 Å². The molecule has 3 nitrogen and oxygen atoms in total. The van der Waals surface area contributed by atoms with Crippen LogP contribution in [0, 0.1) is 0 Å². The predicted octanol–water partition coefficient (Wildman–Crippen LogP) is 5.63. The molecule has 3 heteroatoms. The van der Waals surface area contributed by atoms with Crippen LogP contribution in [0.2, 0.25) is 0 Å². The van der Waals surface area contributed by atoms with Crippen molar-refractivity contribution in [2.24, 2.45) is 0 Å². The minimum absolute atomic E-state index is 0.0124. The second-order valence-electron chi connectivity index (χ2n) is 8.93. The van der Waals surface area contributed by atoms with Gasteiger partial charge in [-0.15, -0.1) is 0 Å². The highest BCUT2D eigenvalue weighted by atomic mass is 15.2. The van der Waals surface area contributed by atoms with Crippen molar-refractivity contribution in [2.75, 3.05) is 0 Å². The Morgan fingerprint density at radius 3 is 2.32 bits per heavy atom. The van der Waals surface area contributed by atoms with E-state index in [1.54, 1.807) is 0 Å². The molecule has 0 aliphatic carbocycles. The Morgan fingerprint density at radius 1 is 0.880 bits per heavy atom. The molecule has 0 fully saturated rings. The Labute approximate surface area is 148 Å². The average Bonchev–Trinajstić information content (AvgIpc) is 2.91. The number of benzene rings is 1. The molecule has 0 radical (unpaired) electrons. The SMILES string of the molecule is CC(C)(C)c1nccc2c1cc(C(C)(C)C)c1c2nn2ccccc12. The molecule has 0 unspecified atom stereocenters. The summed E-state index contributed by atoms with van der Waals surface area (Å²) in [5.74, 6) is 0. The number of pyridine rings is 2. The highest BCUT2D eigenvalue weighted by molar-refractivity contribution is 6.13. The summed E-state index contributed by atoms with van der Waals surface area (Å²) >= 11 is 0. The maximum absolute atomic E-state index is 4.93. The Hall–Kier alpha value is -2.42. The second-order valence-corrected chi connectivity index (χ2v) is 8.93. The van der Waals surface area contributed by atoms with Crippen LogP contribution in [0.15, 0.2) is 42.7 Å². The molecule has 3 heterocycles. The quantitative estimate of drug-likeness (QED) is 0.418. The first-order chi connectivity index (χ1) is 11.7. The van der Waals surface area contributed by atoms with Crippen LogP contribution in [0.3, 0.4) is 0 Å². The van der Waals surface area contributed by atoms with Crippen molar-refractivity contribution in [1.82, 2.24) is 14.6 Å². The van der Waals surface area contributed by atoms with Gasteiger partial charge in [-0.25, -0.2) is 4.52 Å². The smallest absolute Gasteiger partial charge is 0.102 e. The summed E-state index contributed by atoms with van der Waals surface area (Å²) in [6.07, 6.45) is 3.95. The maximum Gasteiger partial charge on any atom is 0.102 e. The fourth-order valence-electron chi connectivity index (χ4n) is 3.68. The lowest BCUT2D eigenvalue weighted by atomic mass is 9.81. The maximum atomic E-state index is 4.93. The van der Waals surface area contributed by atoms with E-state index in [9.17, 15) is 0 Å². The summed E-state index contributed by atoms with van der Waals surface area (Å²) in [4.78, 5) is 4.73. The van der Waals surface area contributed by atoms with Crippen LogP contribution in [-0.2, 0) is 10.8 Å². The van der Waals surface area contributed by atoms with E-state index in [1.165, 1.54) is 27.2 Å². The van der Waals surface area contributed by atoms with E-state index in [4.69, 9.17) is 10.1 Å². The van der Waals surface area contributed by atoms with E-state index in [2.05, 4.69) is 65.8 Å². The summed E-state index contributed by atoms with van der Waals surface area (Å²) in [5.41, 5.74) is 4.71. The number of aromatic nitrogens is 3. The average molecular weight is 331 g/mol. The van der Waals surface area contributed by atoms with Crippen LogP contribution in [0.5, 0.6) is 0 Å². The third-order valence-electron chi connectivity index (χ3n) is 4.86. The Morgan fingerprint density at radius 2 is 1.64 bits per heavy atom. The standard InChI is InChI=1S/C22H25N3/c1-21(2,3)16-13-15-14(10-11-23-20(15)22(4,5)6)19-18(16)17-9-7-8-12-25(17)24-19/h7-13H,1-6H3. The highest BCUT2D eigenvalue weighted by Gasteiger charge is 2.25. The van der Waals surface area contributed by atoms with Gasteiger partial charge in [0, 0.05) is 34.0 Å². The lowest BCUT2D eigenvalue weighted by Gasteiger charge is -2.24. The zero-order valence-corrected chi connectivity index (χ0v) is 15.9. The zero-order valence-electron chi connectivity index (χ0n) is 15.9. The molecule has 0 spiro atoms. The molecule has 0 N–H and O–H groups in total. The third-order valence-corrected chi connectivity index (χ3v) is 4.86. The second kappa shape index (κ2) is 5.04. The van der Waals surface area contributed by atoms with E-state index in [0.717, 1.165) is 11.2 Å². The van der Waals surface area contributed by atoms with Gasteiger partial charge in [-0.2, -0.15) is 5.10 Å². The van der Waals surface area contributed by atoms with Crippen molar-refractivity contribution in [3.8, 4) is 0 Å². The fourth-order valence-corrected chi connectivity index (χ4v) is 3.68. The van der Waals surface area contributed by atoms with Gasteiger partial charge in [0.25, 0.3) is 0 Å². The normalized spacial score (nSPS) is 13.2. The van der Waals surface area contributed by atoms with E-state index in [0.29, 0.717) is 0 Å². The number of nitrogens with zero attached hydrogens (tertiary/aromatic N) is 3. The largest absolute Gasteiger partial charge is 0.260 e. The summed E-state index contributed by atoms with van der Waals surface area (Å²) in [6, 6.07) is 10.7. The minimum Gasteiger partial charge on any atom is -0.260 e. The molecule has 0 aliphatic heterocycles. The molecule has 0 saturated heterocycles. The van der Waals surface area contributed by atoms with Crippen molar-refractivity contribution in [3.63, 3.8) is 0 Å². The van der Waals surface area contributed by atoms with Crippen molar-refractivity contribution < 1.29 is 0 Å². The van der Waals surface area contributed by atoms with Crippen LogP contribution in [-0.4, -0.2) is 14.6 Å². The summed E-state index contributed by atoms with van der Waals surface area (Å²) in [5, 5.41) is 8.59. The number of hydrogen-bond donors (Lipinski definition) is 0. The van der Waals surface area contributed by atoms with Gasteiger partial charge < -0.3 is 0 Å². The molecule has 25 heavy (non-hydrogen) atoms. The van der Waals surface area contributed by atoms with Crippen LogP contribution in [0.1, 0.15) is 52.8 Å². The Kier molecular flexibility index (Phi) is 3.24. The van der Waals surface area contributed by atoms with E-state index in [1.807, 2.05) is 23.0 Å². The van der Waals surface area contributed by atoms with Gasteiger partial charge in [-0.05, 0) is 35.2 Å². The highest BCUT2D eigenvalue weighted by Crippen LogP contribution is 2.39. The molecule has 1 aromatic carbocycles. The molecular weight excluding hydrogens is 306 g/mol. The molecule has 3 aromatic heterocycles. The van der Waals surface area contributed by atoms with Crippen molar-refractivity contribution in [1.29, 1.82) is 0 Å². The van der Waals surface area contributed by atoms with Crippen LogP contribution < -0.4 is 0 Å². The summed E-state index contributed by atoms with van der Waals surface area (Å²) in [6.45, 7) is 13.5. The van der Waals surface area contributed by atoms with Gasteiger partial charge in [0.15, 0.2) is 0 Å². The summed E-state index contributed by atoms with van der Waals surface area (Å²) < 4.78 is 2.00. The molecule has 4 rings (SSSR count). The van der Waals surface area contributed by atoms with Gasteiger partial charge >= 0.3 is 0 Å². The van der Waals surface area contributed by atoms with Gasteiger partial charge in [0.1, 0.15) is 5.52 Å². The van der Waals surface area contributed by atoms with E-state index in [-0.39, 0.29) is 10.8 Å². The van der Waals surface area contributed by atoms with Crippen LogP contribution >= 0.6 is 0 Å². The van der Waals surface area contributed by atoms with Crippen molar-refractivity contribution in [2.45, 2.75) is 52.4 Å². The third kappa shape index (κ3) is 2.41. The lowest BCUT2D eigenvalue weighted by molar-refractivity contribution is 0.574. The first-order valence-corrected chi connectivity index (χ1v) is 8.88. The Bertz CT molecular complexity index is 1110. The van der Waals surface area contributed by atoms with Crippen molar-refractivity contribution >= 4 is 27.2 Å². The number of fused-ring (bicyclic) bond motifs is 5. The lowest BCUT2D eigenvalue weighted by Crippen LogP contribution is -2.16. The molecule has 0 bridgehead atoms. The number of hydrogen-bond acceptors (Lipinski definition) is 2. The first kappa shape index (κ1) is 16.1. The molecule has 0 aliphatic rings. The van der Waals surface area contributed by atoms with Crippen molar-refractivity contribution in [3.05, 3.63) is 54.0 Å². The van der Waals surface area contributed by atoms with Crippen LogP contribution in [0.4, 0.5) is 0 Å². The van der Waals surface area contributed by atoms with Crippen LogP contribution in [0.25, 0.3) is 27.2 Å². The minimum atomic E-state index is -0.0124. The first-order valence-electron chi connectivity index (χ1n) is 8.88. The number of rotatable bonds is 0. The van der Waals surface area contributed by atoms with Gasteiger partial charge in [-0.1, -0.05) is 47.6 Å². The molecular formula is C22H25N3. The Balaban J connectivity index is 2.30. The van der Waals surface area contributed by atoms with E-state index < -0.39 is 0 Å². The molecule has 0 atom stereocenters. The zero-order chi connectivity index (χ0) is 18.0. The van der Waals surface area contributed by atoms with Gasteiger partial charge in [0.05, 0.1) is 11.2 Å². The van der Waals surface area contributed by atoms with Gasteiger partial charge in [0.2, 0.25) is 0 Å². The fraction of sp³-hybridized carbons (Fsp3) is 0.364.